The second kappa shape index (κ2) is 6.18. The molecule has 8 nitrogen and oxygen atoms in total. The molecule has 21 heavy (non-hydrogen) atoms. The van der Waals surface area contributed by atoms with Crippen molar-refractivity contribution in [3.05, 3.63) is 28.3 Å². The summed E-state index contributed by atoms with van der Waals surface area (Å²) in [7, 11) is -2.25. The number of nitrogen functional groups attached to an aromatic ring is 1. The van der Waals surface area contributed by atoms with Gasteiger partial charge in [-0.1, -0.05) is 0 Å². The van der Waals surface area contributed by atoms with E-state index in [9.17, 15) is 18.5 Å². The van der Waals surface area contributed by atoms with Gasteiger partial charge in [-0.2, -0.15) is 16.1 Å². The van der Waals surface area contributed by atoms with Crippen molar-refractivity contribution in [1.29, 1.82) is 0 Å². The first-order valence-electron chi connectivity index (χ1n) is 6.18. The van der Waals surface area contributed by atoms with Crippen LogP contribution in [0.1, 0.15) is 6.42 Å². The maximum atomic E-state index is 12.5. The minimum Gasteiger partial charge on any atom is -0.318 e. The molecule has 3 N–H and O–H groups in total. The van der Waals surface area contributed by atoms with Crippen molar-refractivity contribution in [2.24, 2.45) is 5.84 Å². The van der Waals surface area contributed by atoms with Crippen LogP contribution in [0.2, 0.25) is 0 Å². The van der Waals surface area contributed by atoms with E-state index in [4.69, 9.17) is 5.84 Å². The highest BCUT2D eigenvalue weighted by Crippen LogP contribution is 2.30. The molecule has 1 unspecified atom stereocenters. The third kappa shape index (κ3) is 3.12. The summed E-state index contributed by atoms with van der Waals surface area (Å²) < 4.78 is 26.4. The maximum Gasteiger partial charge on any atom is 0.294 e. The number of anilines is 1. The zero-order valence-corrected chi connectivity index (χ0v) is 13.0. The number of rotatable bonds is 5. The molecule has 1 fully saturated rings. The lowest BCUT2D eigenvalue weighted by Gasteiger charge is -2.23. The lowest BCUT2D eigenvalue weighted by atomic mass is 10.3. The predicted octanol–water partition coefficient (Wildman–Crippen LogP) is 1.01. The van der Waals surface area contributed by atoms with Crippen molar-refractivity contribution < 1.29 is 13.3 Å². The quantitative estimate of drug-likeness (QED) is 0.469. The molecule has 0 spiro atoms. The summed E-state index contributed by atoms with van der Waals surface area (Å²) in [6.45, 7) is 0. The number of nitrogens with two attached hydrogens (primary N) is 1. The molecular weight excluding hydrogens is 316 g/mol. The molecule has 10 heteroatoms. The first-order chi connectivity index (χ1) is 9.87. The molecule has 0 aliphatic carbocycles. The minimum atomic E-state index is -3.76. The van der Waals surface area contributed by atoms with Crippen molar-refractivity contribution in [2.75, 3.05) is 24.0 Å². The van der Waals surface area contributed by atoms with Crippen LogP contribution in [-0.2, 0) is 10.0 Å². The Labute approximate surface area is 126 Å². The van der Waals surface area contributed by atoms with Gasteiger partial charge in [-0.15, -0.1) is 0 Å². The number of nitrogens with zero attached hydrogens (tertiary/aromatic N) is 2. The fourth-order valence-corrected chi connectivity index (χ4v) is 4.88. The number of hydrogen-bond acceptors (Lipinski definition) is 7. The minimum absolute atomic E-state index is 0.0676. The highest BCUT2D eigenvalue weighted by molar-refractivity contribution is 7.99. The van der Waals surface area contributed by atoms with Gasteiger partial charge in [-0.05, 0) is 24.3 Å². The zero-order valence-electron chi connectivity index (χ0n) is 11.4. The maximum absolute atomic E-state index is 12.5. The summed E-state index contributed by atoms with van der Waals surface area (Å²) in [5, 5.41) is 11.0. The van der Waals surface area contributed by atoms with Gasteiger partial charge in [0.25, 0.3) is 5.69 Å². The molecule has 2 rings (SSSR count). The number of thioether (sulfide) groups is 1. The van der Waals surface area contributed by atoms with E-state index in [1.54, 1.807) is 11.8 Å². The molecule has 1 heterocycles. The van der Waals surface area contributed by atoms with Crippen molar-refractivity contribution >= 4 is 33.2 Å². The van der Waals surface area contributed by atoms with Gasteiger partial charge < -0.3 is 5.43 Å². The van der Waals surface area contributed by atoms with Gasteiger partial charge in [-0.3, -0.25) is 16.0 Å². The summed E-state index contributed by atoms with van der Waals surface area (Å²) in [6, 6.07) is 3.56. The molecule has 1 atom stereocenters. The lowest BCUT2D eigenvalue weighted by Crippen LogP contribution is -2.37. The second-order valence-corrected chi connectivity index (χ2v) is 7.77. The number of hydrazine groups is 1. The molecule has 0 amide bonds. The lowest BCUT2D eigenvalue weighted by molar-refractivity contribution is -0.384. The first-order valence-corrected chi connectivity index (χ1v) is 8.78. The number of nitro benzene ring substituents is 1. The van der Waals surface area contributed by atoms with Gasteiger partial charge in [0.05, 0.1) is 9.82 Å². The van der Waals surface area contributed by atoms with Crippen molar-refractivity contribution in [1.82, 2.24) is 4.31 Å². The Bertz CT molecular complexity index is 644. The van der Waals surface area contributed by atoms with Crippen LogP contribution in [0.4, 0.5) is 11.4 Å². The highest BCUT2D eigenvalue weighted by Gasteiger charge is 2.31. The summed E-state index contributed by atoms with van der Waals surface area (Å²) in [4.78, 5) is 10.2. The zero-order chi connectivity index (χ0) is 15.6. The Morgan fingerprint density at radius 1 is 1.52 bits per heavy atom. The Hall–Kier alpha value is -1.36. The summed E-state index contributed by atoms with van der Waals surface area (Å²) in [5.74, 6) is 6.84. The molecule has 0 aromatic heterocycles. The van der Waals surface area contributed by atoms with Gasteiger partial charge in [0.1, 0.15) is 5.69 Å². The van der Waals surface area contributed by atoms with Crippen LogP contribution in [0.3, 0.4) is 0 Å². The normalized spacial score (nSPS) is 18.9. The second-order valence-electron chi connectivity index (χ2n) is 4.62. The van der Waals surface area contributed by atoms with Crippen LogP contribution in [-0.4, -0.2) is 42.2 Å². The third-order valence-corrected chi connectivity index (χ3v) is 6.47. The molecular formula is C11H16N4O4S2. The summed E-state index contributed by atoms with van der Waals surface area (Å²) in [6.07, 6.45) is 0.783. The molecule has 1 saturated heterocycles. The summed E-state index contributed by atoms with van der Waals surface area (Å²) >= 11 is 1.70. The number of nitro groups is 1. The Morgan fingerprint density at radius 2 is 2.24 bits per heavy atom. The Balaban J connectivity index is 2.40. The number of benzene rings is 1. The van der Waals surface area contributed by atoms with E-state index in [1.807, 2.05) is 0 Å². The third-order valence-electron chi connectivity index (χ3n) is 3.42. The van der Waals surface area contributed by atoms with Crippen molar-refractivity contribution in [3.63, 3.8) is 0 Å². The molecule has 116 valence electrons. The van der Waals surface area contributed by atoms with E-state index in [0.29, 0.717) is 0 Å². The van der Waals surface area contributed by atoms with E-state index in [2.05, 4.69) is 5.43 Å². The molecule has 1 aromatic carbocycles. The number of sulfonamides is 1. The highest BCUT2D eigenvalue weighted by atomic mass is 32.2. The van der Waals surface area contributed by atoms with Gasteiger partial charge in [0.15, 0.2) is 0 Å². The van der Waals surface area contributed by atoms with Crippen molar-refractivity contribution in [2.45, 2.75) is 17.4 Å². The monoisotopic (exact) mass is 332 g/mol. The van der Waals surface area contributed by atoms with E-state index >= 15 is 0 Å². The van der Waals surface area contributed by atoms with E-state index in [1.165, 1.54) is 23.5 Å². The van der Waals surface area contributed by atoms with Gasteiger partial charge in [0, 0.05) is 24.9 Å². The Morgan fingerprint density at radius 3 is 2.76 bits per heavy atom. The largest absolute Gasteiger partial charge is 0.318 e. The van der Waals surface area contributed by atoms with Crippen LogP contribution in [0.5, 0.6) is 0 Å². The fourth-order valence-electron chi connectivity index (χ4n) is 2.12. The average molecular weight is 332 g/mol. The van der Waals surface area contributed by atoms with E-state index < -0.39 is 14.9 Å². The van der Waals surface area contributed by atoms with Gasteiger partial charge in [0.2, 0.25) is 10.0 Å². The van der Waals surface area contributed by atoms with Gasteiger partial charge in [-0.25, -0.2) is 8.42 Å². The van der Waals surface area contributed by atoms with Crippen LogP contribution in [0.25, 0.3) is 0 Å². The first kappa shape index (κ1) is 16.0. The standard InChI is InChI=1S/C11H16N4O4S2/c1-14(8-4-5-20-7-8)21(18,19)9-2-3-10(13-12)11(6-9)15(16)17/h2-3,6,8,13H,4-5,7,12H2,1H3. The predicted molar refractivity (Wildman–Crippen MR) is 81.6 cm³/mol. The Kier molecular flexibility index (Phi) is 4.71. The molecule has 0 saturated carbocycles. The van der Waals surface area contributed by atoms with Crippen LogP contribution < -0.4 is 11.3 Å². The SMILES string of the molecule is CN(C1CCSC1)S(=O)(=O)c1ccc(NN)c([N+](=O)[O-])c1. The molecule has 1 aromatic rings. The van der Waals surface area contributed by atoms with Crippen LogP contribution in [0, 0.1) is 10.1 Å². The van der Waals surface area contributed by atoms with Gasteiger partial charge >= 0.3 is 0 Å². The molecule has 1 aliphatic rings. The fraction of sp³-hybridized carbons (Fsp3) is 0.455. The number of hydrogen-bond donors (Lipinski definition) is 2. The smallest absolute Gasteiger partial charge is 0.294 e. The number of nitrogens with one attached hydrogen (secondary N) is 1. The molecule has 0 bridgehead atoms. The van der Waals surface area contributed by atoms with Crippen molar-refractivity contribution in [3.8, 4) is 0 Å². The van der Waals surface area contributed by atoms with E-state index in [0.717, 1.165) is 24.0 Å². The summed E-state index contributed by atoms with van der Waals surface area (Å²) in [5.41, 5.74) is 1.89. The van der Waals surface area contributed by atoms with E-state index in [-0.39, 0.29) is 22.3 Å². The molecule has 0 radical (unpaired) electrons. The molecule has 1 aliphatic heterocycles. The average Bonchev–Trinajstić information content (AvgIpc) is 2.99. The van der Waals surface area contributed by atoms with Crippen LogP contribution in [0.15, 0.2) is 23.1 Å². The van der Waals surface area contributed by atoms with Crippen LogP contribution >= 0.6 is 11.8 Å². The topological polar surface area (TPSA) is 119 Å².